The van der Waals surface area contributed by atoms with Crippen LogP contribution in [0.4, 0.5) is 4.39 Å². The van der Waals surface area contributed by atoms with Crippen LogP contribution in [0.1, 0.15) is 5.56 Å². The average Bonchev–Trinajstić information content (AvgIpc) is 2.89. The number of halogens is 1. The van der Waals surface area contributed by atoms with Gasteiger partial charge >= 0.3 is 0 Å². The zero-order chi connectivity index (χ0) is 13.2. The third kappa shape index (κ3) is 2.56. The van der Waals surface area contributed by atoms with Crippen molar-refractivity contribution >= 4 is 11.3 Å². The lowest BCUT2D eigenvalue weighted by atomic mass is 10.1. The van der Waals surface area contributed by atoms with Gasteiger partial charge in [-0.15, -0.1) is 11.3 Å². The van der Waals surface area contributed by atoms with E-state index in [1.807, 2.05) is 11.4 Å². The number of rotatable bonds is 2. The standard InChI is InChI=1S/C16H12FNS/c1-11-3-2-4-13(9-11)15-10-19-16(18-15)12-5-7-14(17)8-6-12/h2-10H,1H3. The lowest BCUT2D eigenvalue weighted by molar-refractivity contribution is 0.628. The van der Waals surface area contributed by atoms with E-state index in [4.69, 9.17) is 0 Å². The minimum absolute atomic E-state index is 0.223. The van der Waals surface area contributed by atoms with Crippen LogP contribution in [0, 0.1) is 12.7 Å². The fourth-order valence-corrected chi connectivity index (χ4v) is 2.77. The average molecular weight is 269 g/mol. The van der Waals surface area contributed by atoms with Crippen LogP contribution in [0.2, 0.25) is 0 Å². The van der Waals surface area contributed by atoms with Gasteiger partial charge in [0.15, 0.2) is 0 Å². The van der Waals surface area contributed by atoms with Crippen LogP contribution in [0.5, 0.6) is 0 Å². The van der Waals surface area contributed by atoms with Crippen molar-refractivity contribution < 1.29 is 4.39 Å². The van der Waals surface area contributed by atoms with Crippen molar-refractivity contribution in [1.82, 2.24) is 4.98 Å². The van der Waals surface area contributed by atoms with E-state index in [0.717, 1.165) is 21.8 Å². The van der Waals surface area contributed by atoms with Crippen LogP contribution in [-0.2, 0) is 0 Å². The molecule has 0 spiro atoms. The van der Waals surface area contributed by atoms with E-state index in [1.54, 1.807) is 23.5 Å². The van der Waals surface area contributed by atoms with E-state index >= 15 is 0 Å². The molecule has 1 nitrogen and oxygen atoms in total. The van der Waals surface area contributed by atoms with Gasteiger partial charge in [-0.05, 0) is 37.3 Å². The largest absolute Gasteiger partial charge is 0.236 e. The summed E-state index contributed by atoms with van der Waals surface area (Å²) in [5.41, 5.74) is 4.25. The van der Waals surface area contributed by atoms with E-state index in [2.05, 4.69) is 30.1 Å². The van der Waals surface area contributed by atoms with Crippen molar-refractivity contribution in [2.75, 3.05) is 0 Å². The van der Waals surface area contributed by atoms with Crippen LogP contribution in [-0.4, -0.2) is 4.98 Å². The summed E-state index contributed by atoms with van der Waals surface area (Å²) in [5, 5.41) is 2.95. The molecule has 0 aliphatic carbocycles. The maximum absolute atomic E-state index is 12.9. The molecule has 2 aromatic carbocycles. The zero-order valence-corrected chi connectivity index (χ0v) is 11.2. The lowest BCUT2D eigenvalue weighted by Gasteiger charge is -1.98. The molecule has 3 aromatic rings. The highest BCUT2D eigenvalue weighted by Crippen LogP contribution is 2.29. The first-order valence-corrected chi connectivity index (χ1v) is 6.89. The quantitative estimate of drug-likeness (QED) is 0.643. The highest BCUT2D eigenvalue weighted by atomic mass is 32.1. The molecule has 3 heteroatoms. The Labute approximate surface area is 115 Å². The van der Waals surface area contributed by atoms with Gasteiger partial charge in [0, 0.05) is 16.5 Å². The first-order valence-electron chi connectivity index (χ1n) is 6.01. The van der Waals surface area contributed by atoms with Gasteiger partial charge in [0.05, 0.1) is 5.69 Å². The molecule has 0 amide bonds. The Bertz CT molecular complexity index is 701. The second-order valence-electron chi connectivity index (χ2n) is 4.41. The first kappa shape index (κ1) is 12.1. The highest BCUT2D eigenvalue weighted by molar-refractivity contribution is 7.13. The predicted octanol–water partition coefficient (Wildman–Crippen LogP) is 4.92. The van der Waals surface area contributed by atoms with E-state index in [1.165, 1.54) is 17.7 Å². The smallest absolute Gasteiger partial charge is 0.124 e. The van der Waals surface area contributed by atoms with Crippen LogP contribution >= 0.6 is 11.3 Å². The van der Waals surface area contributed by atoms with Gasteiger partial charge in [0.25, 0.3) is 0 Å². The maximum atomic E-state index is 12.9. The summed E-state index contributed by atoms with van der Waals surface area (Å²) in [6.45, 7) is 2.07. The van der Waals surface area contributed by atoms with Crippen LogP contribution in [0.3, 0.4) is 0 Å². The highest BCUT2D eigenvalue weighted by Gasteiger charge is 2.06. The Kier molecular flexibility index (Phi) is 3.13. The van der Waals surface area contributed by atoms with Gasteiger partial charge in [0.2, 0.25) is 0 Å². The van der Waals surface area contributed by atoms with E-state index < -0.39 is 0 Å². The molecule has 0 bridgehead atoms. The number of hydrogen-bond acceptors (Lipinski definition) is 2. The molecule has 19 heavy (non-hydrogen) atoms. The molecule has 0 unspecified atom stereocenters. The summed E-state index contributed by atoms with van der Waals surface area (Å²) >= 11 is 1.58. The normalized spacial score (nSPS) is 10.6. The summed E-state index contributed by atoms with van der Waals surface area (Å²) in [6, 6.07) is 14.7. The molecule has 0 aliphatic heterocycles. The van der Waals surface area contributed by atoms with Gasteiger partial charge in [0.1, 0.15) is 10.8 Å². The monoisotopic (exact) mass is 269 g/mol. The Morgan fingerprint density at radius 2 is 1.79 bits per heavy atom. The molecule has 0 fully saturated rings. The fourth-order valence-electron chi connectivity index (χ4n) is 1.94. The van der Waals surface area contributed by atoms with Crippen molar-refractivity contribution in [2.24, 2.45) is 0 Å². The second kappa shape index (κ2) is 4.94. The Morgan fingerprint density at radius 3 is 2.53 bits per heavy atom. The number of nitrogens with zero attached hydrogens (tertiary/aromatic N) is 1. The van der Waals surface area contributed by atoms with E-state index in [0.29, 0.717) is 0 Å². The molecule has 0 radical (unpaired) electrons. The summed E-state index contributed by atoms with van der Waals surface area (Å²) in [6.07, 6.45) is 0. The minimum atomic E-state index is -0.223. The summed E-state index contributed by atoms with van der Waals surface area (Å²) in [5.74, 6) is -0.223. The molecule has 0 N–H and O–H groups in total. The molecule has 3 rings (SSSR count). The number of aryl methyl sites for hydroxylation is 1. The van der Waals surface area contributed by atoms with Gasteiger partial charge in [-0.3, -0.25) is 0 Å². The van der Waals surface area contributed by atoms with E-state index in [-0.39, 0.29) is 5.82 Å². The summed E-state index contributed by atoms with van der Waals surface area (Å²) in [4.78, 5) is 4.62. The van der Waals surface area contributed by atoms with Crippen molar-refractivity contribution in [3.8, 4) is 21.8 Å². The molecule has 0 atom stereocenters. The van der Waals surface area contributed by atoms with Crippen LogP contribution < -0.4 is 0 Å². The maximum Gasteiger partial charge on any atom is 0.124 e. The van der Waals surface area contributed by atoms with Crippen molar-refractivity contribution in [3.05, 3.63) is 65.3 Å². The number of hydrogen-bond donors (Lipinski definition) is 0. The first-order chi connectivity index (χ1) is 9.22. The molecule has 0 saturated heterocycles. The minimum Gasteiger partial charge on any atom is -0.236 e. The third-order valence-electron chi connectivity index (χ3n) is 2.91. The summed E-state index contributed by atoms with van der Waals surface area (Å²) in [7, 11) is 0. The van der Waals surface area contributed by atoms with Crippen molar-refractivity contribution in [2.45, 2.75) is 6.92 Å². The topological polar surface area (TPSA) is 12.9 Å². The molecule has 0 aliphatic rings. The van der Waals surface area contributed by atoms with Crippen LogP contribution in [0.25, 0.3) is 21.8 Å². The Balaban J connectivity index is 1.97. The van der Waals surface area contributed by atoms with Gasteiger partial charge in [-0.2, -0.15) is 0 Å². The predicted molar refractivity (Wildman–Crippen MR) is 77.7 cm³/mol. The fraction of sp³-hybridized carbons (Fsp3) is 0.0625. The molecule has 94 valence electrons. The van der Waals surface area contributed by atoms with Crippen molar-refractivity contribution in [3.63, 3.8) is 0 Å². The molecular formula is C16H12FNS. The van der Waals surface area contributed by atoms with Gasteiger partial charge < -0.3 is 0 Å². The number of thiazole rings is 1. The summed E-state index contributed by atoms with van der Waals surface area (Å²) < 4.78 is 12.9. The molecule has 1 heterocycles. The van der Waals surface area contributed by atoms with Gasteiger partial charge in [-0.1, -0.05) is 23.8 Å². The SMILES string of the molecule is Cc1cccc(-c2csc(-c3ccc(F)cc3)n2)c1. The zero-order valence-electron chi connectivity index (χ0n) is 10.4. The second-order valence-corrected chi connectivity index (χ2v) is 5.27. The molecular weight excluding hydrogens is 257 g/mol. The number of benzene rings is 2. The van der Waals surface area contributed by atoms with Gasteiger partial charge in [-0.25, -0.2) is 9.37 Å². The van der Waals surface area contributed by atoms with Crippen LogP contribution in [0.15, 0.2) is 53.9 Å². The number of aromatic nitrogens is 1. The van der Waals surface area contributed by atoms with Crippen molar-refractivity contribution in [1.29, 1.82) is 0 Å². The molecule has 1 aromatic heterocycles. The third-order valence-corrected chi connectivity index (χ3v) is 3.80. The lowest BCUT2D eigenvalue weighted by Crippen LogP contribution is -1.81. The molecule has 0 saturated carbocycles. The van der Waals surface area contributed by atoms with E-state index in [9.17, 15) is 4.39 Å². The Hall–Kier alpha value is -2.00. The Morgan fingerprint density at radius 1 is 1.00 bits per heavy atom.